The summed E-state index contributed by atoms with van der Waals surface area (Å²) in [6.07, 6.45) is 3.46. The first kappa shape index (κ1) is 16.6. The number of carbonyl (C=O) groups excluding carboxylic acids is 1. The van der Waals surface area contributed by atoms with Crippen LogP contribution in [0.3, 0.4) is 0 Å². The van der Waals surface area contributed by atoms with Gasteiger partial charge in [-0.05, 0) is 42.5 Å². The Hall–Kier alpha value is -1.85. The molecule has 1 amide bonds. The third-order valence-electron chi connectivity index (χ3n) is 5.46. The van der Waals surface area contributed by atoms with Gasteiger partial charge in [0.25, 0.3) is 5.91 Å². The average Bonchev–Trinajstić information content (AvgIpc) is 2.92. The molecule has 0 bridgehead atoms. The number of rotatable bonds is 5. The van der Waals surface area contributed by atoms with Crippen LogP contribution in [0.4, 0.5) is 0 Å². The zero-order valence-electron chi connectivity index (χ0n) is 14.6. The Morgan fingerprint density at radius 1 is 1.32 bits per heavy atom. The molecule has 132 valence electrons. The minimum atomic E-state index is -0.00102. The number of hydrogen-bond acceptors (Lipinski definition) is 3. The summed E-state index contributed by atoms with van der Waals surface area (Å²) in [5, 5.41) is 0.702. The highest BCUT2D eigenvalue weighted by Gasteiger charge is 2.55. The largest absolute Gasteiger partial charge is 0.340 e. The van der Waals surface area contributed by atoms with E-state index in [1.807, 2.05) is 40.8 Å². The van der Waals surface area contributed by atoms with Crippen LogP contribution >= 0.6 is 11.6 Å². The first-order valence-corrected chi connectivity index (χ1v) is 9.09. The van der Waals surface area contributed by atoms with E-state index >= 15 is 0 Å². The van der Waals surface area contributed by atoms with Crippen LogP contribution in [0.5, 0.6) is 0 Å². The normalized spacial score (nSPS) is 25.0. The SMILES string of the molecule is CN1C[C@@H]2C(CN(Cc3cccc(Cl)c3)C(=O)c3cn(C)cn3)[C@@H]2C1. The van der Waals surface area contributed by atoms with Gasteiger partial charge in [-0.3, -0.25) is 4.79 Å². The van der Waals surface area contributed by atoms with E-state index in [4.69, 9.17) is 11.6 Å². The van der Waals surface area contributed by atoms with Crippen LogP contribution in [0.1, 0.15) is 16.1 Å². The Morgan fingerprint density at radius 2 is 2.08 bits per heavy atom. The number of fused-ring (bicyclic) bond motifs is 1. The van der Waals surface area contributed by atoms with E-state index in [0.29, 0.717) is 23.2 Å². The number of benzene rings is 1. The van der Waals surface area contributed by atoms with Crippen molar-refractivity contribution in [3.8, 4) is 0 Å². The summed E-state index contributed by atoms with van der Waals surface area (Å²) < 4.78 is 1.81. The van der Waals surface area contributed by atoms with Gasteiger partial charge in [-0.25, -0.2) is 4.98 Å². The smallest absolute Gasteiger partial charge is 0.274 e. The minimum absolute atomic E-state index is 0.00102. The molecule has 2 heterocycles. The lowest BCUT2D eigenvalue weighted by Crippen LogP contribution is -2.34. The molecule has 25 heavy (non-hydrogen) atoms. The number of nitrogens with zero attached hydrogens (tertiary/aromatic N) is 4. The number of piperidine rings is 1. The molecule has 1 aromatic carbocycles. The van der Waals surface area contributed by atoms with Gasteiger partial charge in [0.1, 0.15) is 5.69 Å². The Morgan fingerprint density at radius 3 is 2.72 bits per heavy atom. The standard InChI is InChI=1S/C19H23ClN4O/c1-22-8-15-16(9-22)17(15)10-24(7-13-4-3-5-14(20)6-13)19(25)18-11-23(2)12-21-18/h3-6,11-12,15-17H,7-10H2,1-2H3/t15-,16+,17?. The highest BCUT2D eigenvalue weighted by molar-refractivity contribution is 6.30. The van der Waals surface area contributed by atoms with Crippen LogP contribution in [0, 0.1) is 17.8 Å². The minimum Gasteiger partial charge on any atom is -0.340 e. The van der Waals surface area contributed by atoms with Crippen molar-refractivity contribution in [2.45, 2.75) is 6.54 Å². The lowest BCUT2D eigenvalue weighted by molar-refractivity contribution is 0.0720. The van der Waals surface area contributed by atoms with Crippen molar-refractivity contribution in [1.82, 2.24) is 19.4 Å². The molecule has 1 aliphatic heterocycles. The van der Waals surface area contributed by atoms with E-state index in [1.165, 1.54) is 0 Å². The number of aryl methyl sites for hydroxylation is 1. The molecule has 1 aliphatic carbocycles. The molecule has 0 radical (unpaired) electrons. The molecule has 3 atom stereocenters. The molecular weight excluding hydrogens is 336 g/mol. The number of amides is 1. The predicted octanol–water partition coefficient (Wildman–Crippen LogP) is 2.52. The molecule has 1 aromatic heterocycles. The van der Waals surface area contributed by atoms with E-state index < -0.39 is 0 Å². The summed E-state index contributed by atoms with van der Waals surface area (Å²) in [5.74, 6) is 2.09. The fourth-order valence-electron chi connectivity index (χ4n) is 4.15. The number of hydrogen-bond donors (Lipinski definition) is 0. The Kier molecular flexibility index (Phi) is 4.29. The molecule has 0 N–H and O–H groups in total. The summed E-state index contributed by atoms with van der Waals surface area (Å²) in [6, 6.07) is 7.74. The third kappa shape index (κ3) is 3.44. The molecule has 5 nitrogen and oxygen atoms in total. The first-order chi connectivity index (χ1) is 12.0. The maximum Gasteiger partial charge on any atom is 0.274 e. The van der Waals surface area contributed by atoms with Gasteiger partial charge in [-0.2, -0.15) is 0 Å². The van der Waals surface area contributed by atoms with Gasteiger partial charge in [0.05, 0.1) is 6.33 Å². The van der Waals surface area contributed by atoms with Gasteiger partial charge in [0.2, 0.25) is 0 Å². The summed E-state index contributed by atoms with van der Waals surface area (Å²) in [4.78, 5) is 21.6. The van der Waals surface area contributed by atoms with Crippen molar-refractivity contribution in [3.63, 3.8) is 0 Å². The van der Waals surface area contributed by atoms with E-state index in [0.717, 1.165) is 37.0 Å². The fraction of sp³-hybridized carbons (Fsp3) is 0.474. The molecule has 2 fully saturated rings. The van der Waals surface area contributed by atoms with Crippen LogP contribution in [-0.2, 0) is 13.6 Å². The maximum atomic E-state index is 13.0. The average molecular weight is 359 g/mol. The lowest BCUT2D eigenvalue weighted by atomic mass is 10.1. The topological polar surface area (TPSA) is 41.4 Å². The van der Waals surface area contributed by atoms with Crippen LogP contribution in [0.25, 0.3) is 0 Å². The lowest BCUT2D eigenvalue weighted by Gasteiger charge is -2.24. The van der Waals surface area contributed by atoms with Gasteiger partial charge >= 0.3 is 0 Å². The Labute approximate surface area is 153 Å². The van der Waals surface area contributed by atoms with Crippen molar-refractivity contribution in [1.29, 1.82) is 0 Å². The fourth-order valence-corrected chi connectivity index (χ4v) is 4.36. The highest BCUT2D eigenvalue weighted by atomic mass is 35.5. The Bertz CT molecular complexity index is 777. The third-order valence-corrected chi connectivity index (χ3v) is 5.69. The van der Waals surface area contributed by atoms with Crippen molar-refractivity contribution in [2.24, 2.45) is 24.8 Å². The van der Waals surface area contributed by atoms with E-state index in [9.17, 15) is 4.79 Å². The summed E-state index contributed by atoms with van der Waals surface area (Å²) in [5.41, 5.74) is 1.56. The number of imidazole rings is 1. The number of halogens is 1. The van der Waals surface area contributed by atoms with Crippen molar-refractivity contribution >= 4 is 17.5 Å². The first-order valence-electron chi connectivity index (χ1n) is 8.71. The monoisotopic (exact) mass is 358 g/mol. The Balaban J connectivity index is 1.51. The predicted molar refractivity (Wildman–Crippen MR) is 97.4 cm³/mol. The number of likely N-dealkylation sites (tertiary alicyclic amines) is 1. The molecule has 1 unspecified atom stereocenters. The van der Waals surface area contributed by atoms with E-state index in [2.05, 4.69) is 16.9 Å². The van der Waals surface area contributed by atoms with Gasteiger partial charge in [-0.15, -0.1) is 0 Å². The van der Waals surface area contributed by atoms with E-state index in [-0.39, 0.29) is 5.91 Å². The quantitative estimate of drug-likeness (QED) is 0.824. The zero-order valence-corrected chi connectivity index (χ0v) is 15.4. The van der Waals surface area contributed by atoms with Crippen LogP contribution in [-0.4, -0.2) is 51.9 Å². The number of aromatic nitrogens is 2. The molecule has 0 spiro atoms. The van der Waals surface area contributed by atoms with Gasteiger partial charge in [0.15, 0.2) is 0 Å². The van der Waals surface area contributed by atoms with Gasteiger partial charge < -0.3 is 14.4 Å². The second-order valence-electron chi connectivity index (χ2n) is 7.45. The summed E-state index contributed by atoms with van der Waals surface area (Å²) >= 11 is 6.12. The molecule has 1 saturated heterocycles. The molecule has 2 aromatic rings. The summed E-state index contributed by atoms with van der Waals surface area (Å²) in [6.45, 7) is 3.67. The molecule has 6 heteroatoms. The van der Waals surface area contributed by atoms with Crippen LogP contribution in [0.15, 0.2) is 36.8 Å². The second-order valence-corrected chi connectivity index (χ2v) is 7.89. The van der Waals surface area contributed by atoms with Crippen molar-refractivity contribution in [3.05, 3.63) is 53.1 Å². The van der Waals surface area contributed by atoms with Crippen LogP contribution < -0.4 is 0 Å². The number of carbonyl (C=O) groups is 1. The highest BCUT2D eigenvalue weighted by Crippen LogP contribution is 2.51. The zero-order chi connectivity index (χ0) is 17.6. The van der Waals surface area contributed by atoms with Gasteiger partial charge in [0, 0.05) is 44.4 Å². The molecule has 2 aliphatic rings. The molecule has 4 rings (SSSR count). The molecular formula is C19H23ClN4O. The van der Waals surface area contributed by atoms with Crippen molar-refractivity contribution in [2.75, 3.05) is 26.7 Å². The molecule has 1 saturated carbocycles. The second kappa shape index (κ2) is 6.46. The van der Waals surface area contributed by atoms with Crippen molar-refractivity contribution < 1.29 is 4.79 Å². The maximum absolute atomic E-state index is 13.0. The van der Waals surface area contributed by atoms with E-state index in [1.54, 1.807) is 12.5 Å². The van der Waals surface area contributed by atoms with Crippen LogP contribution in [0.2, 0.25) is 5.02 Å². The van der Waals surface area contributed by atoms with Gasteiger partial charge in [-0.1, -0.05) is 23.7 Å². The summed E-state index contributed by atoms with van der Waals surface area (Å²) in [7, 11) is 4.05.